The van der Waals surface area contributed by atoms with Gasteiger partial charge in [0.25, 0.3) is 0 Å². The lowest BCUT2D eigenvalue weighted by Crippen LogP contribution is -2.50. The van der Waals surface area contributed by atoms with Crippen molar-refractivity contribution in [2.75, 3.05) is 0 Å². The molecule has 2 aromatic rings. The van der Waals surface area contributed by atoms with Gasteiger partial charge in [-0.05, 0) is 48.2 Å². The fourth-order valence-corrected chi connectivity index (χ4v) is 4.63. The minimum Gasteiger partial charge on any atom is -0.411 e. The minimum atomic E-state index is 0.111. The van der Waals surface area contributed by atoms with Crippen LogP contribution < -0.4 is 5.32 Å². The van der Waals surface area contributed by atoms with E-state index in [4.69, 9.17) is 23.2 Å². The van der Waals surface area contributed by atoms with Gasteiger partial charge in [-0.1, -0.05) is 59.0 Å². The minimum absolute atomic E-state index is 0.111. The van der Waals surface area contributed by atoms with E-state index in [0.29, 0.717) is 0 Å². The van der Waals surface area contributed by atoms with E-state index in [9.17, 15) is 5.21 Å². The Kier molecular flexibility index (Phi) is 4.72. The molecule has 0 spiro atoms. The summed E-state index contributed by atoms with van der Waals surface area (Å²) in [5.74, 6) is 0.432. The first-order valence-electron chi connectivity index (χ1n) is 8.66. The molecule has 4 rings (SSSR count). The van der Waals surface area contributed by atoms with Gasteiger partial charge in [-0.2, -0.15) is 0 Å². The van der Waals surface area contributed by atoms with Crippen molar-refractivity contribution >= 4 is 28.9 Å². The van der Waals surface area contributed by atoms with E-state index in [1.807, 2.05) is 24.3 Å². The van der Waals surface area contributed by atoms with Gasteiger partial charge in [0.1, 0.15) is 0 Å². The van der Waals surface area contributed by atoms with E-state index < -0.39 is 0 Å². The summed E-state index contributed by atoms with van der Waals surface area (Å²) in [5, 5.41) is 18.7. The smallest absolute Gasteiger partial charge is 0.0670 e. The van der Waals surface area contributed by atoms with Crippen LogP contribution in [-0.4, -0.2) is 10.9 Å². The number of rotatable bonds is 2. The highest BCUT2D eigenvalue weighted by Crippen LogP contribution is 2.46. The van der Waals surface area contributed by atoms with Crippen molar-refractivity contribution in [2.24, 2.45) is 17.0 Å². The van der Waals surface area contributed by atoms with Gasteiger partial charge in [-0.15, -0.1) is 0 Å². The zero-order valence-electron chi connectivity index (χ0n) is 13.7. The predicted octanol–water partition coefficient (Wildman–Crippen LogP) is 5.63. The van der Waals surface area contributed by atoms with Crippen LogP contribution in [0.2, 0.25) is 10.0 Å². The third kappa shape index (κ3) is 3.17. The molecule has 4 atom stereocenters. The molecule has 1 heterocycles. The van der Waals surface area contributed by atoms with Gasteiger partial charge in [-0.25, -0.2) is 0 Å². The number of hydrogen-bond donors (Lipinski definition) is 2. The Hall–Kier alpha value is -1.55. The molecule has 5 heteroatoms. The van der Waals surface area contributed by atoms with E-state index in [0.717, 1.165) is 35.0 Å². The van der Waals surface area contributed by atoms with Gasteiger partial charge in [-0.3, -0.25) is 0 Å². The molecule has 1 aliphatic carbocycles. The van der Waals surface area contributed by atoms with Crippen molar-refractivity contribution < 1.29 is 5.21 Å². The number of piperidine rings is 1. The molecule has 0 radical (unpaired) electrons. The average molecular weight is 375 g/mol. The lowest BCUT2D eigenvalue weighted by Gasteiger charge is -2.47. The number of hydrogen-bond acceptors (Lipinski definition) is 3. The van der Waals surface area contributed by atoms with Crippen LogP contribution in [0.15, 0.2) is 53.7 Å². The maximum atomic E-state index is 9.73. The molecule has 1 aliphatic heterocycles. The summed E-state index contributed by atoms with van der Waals surface area (Å²) in [6, 6.07) is 16.1. The number of fused-ring (bicyclic) bond motifs is 2. The Bertz CT molecular complexity index is 712. The molecule has 4 unspecified atom stereocenters. The molecule has 2 bridgehead atoms. The Labute approximate surface area is 157 Å². The van der Waals surface area contributed by atoms with Crippen molar-refractivity contribution in [1.29, 1.82) is 0 Å². The standard InChI is InChI=1S/C20H20Cl2N2O/c21-14-8-4-12(5-9-14)18-16-2-1-3-17(20(16)24-25)19(23-18)13-6-10-15(22)11-7-13/h4-11,16-19,23,25H,1-3H2. The van der Waals surface area contributed by atoms with Crippen molar-refractivity contribution in [3.8, 4) is 0 Å². The van der Waals surface area contributed by atoms with Crippen LogP contribution in [0.3, 0.4) is 0 Å². The van der Waals surface area contributed by atoms with Crippen LogP contribution in [0.25, 0.3) is 0 Å². The molecule has 25 heavy (non-hydrogen) atoms. The van der Waals surface area contributed by atoms with Gasteiger partial charge in [0, 0.05) is 34.0 Å². The van der Waals surface area contributed by atoms with Crippen LogP contribution >= 0.6 is 23.2 Å². The van der Waals surface area contributed by atoms with E-state index in [-0.39, 0.29) is 23.9 Å². The number of nitrogens with one attached hydrogen (secondary N) is 1. The van der Waals surface area contributed by atoms with Crippen molar-refractivity contribution in [3.05, 3.63) is 69.7 Å². The highest BCUT2D eigenvalue weighted by Gasteiger charge is 2.45. The second-order valence-corrected chi connectivity index (χ2v) is 7.77. The molecule has 0 amide bonds. The summed E-state index contributed by atoms with van der Waals surface area (Å²) in [6.45, 7) is 0. The Morgan fingerprint density at radius 3 is 1.64 bits per heavy atom. The summed E-state index contributed by atoms with van der Waals surface area (Å²) >= 11 is 12.1. The summed E-state index contributed by atoms with van der Waals surface area (Å²) in [7, 11) is 0. The first-order chi connectivity index (χ1) is 12.2. The third-order valence-electron chi connectivity index (χ3n) is 5.53. The number of nitrogens with zero attached hydrogens (tertiary/aromatic N) is 1. The monoisotopic (exact) mass is 374 g/mol. The van der Waals surface area contributed by atoms with Crippen LogP contribution in [0.1, 0.15) is 42.5 Å². The number of benzene rings is 2. The molecular formula is C20H20Cl2N2O. The van der Waals surface area contributed by atoms with Crippen LogP contribution in [0.4, 0.5) is 0 Å². The molecule has 1 saturated carbocycles. The zero-order valence-corrected chi connectivity index (χ0v) is 15.2. The fraction of sp³-hybridized carbons (Fsp3) is 0.350. The van der Waals surface area contributed by atoms with Crippen LogP contribution in [-0.2, 0) is 0 Å². The van der Waals surface area contributed by atoms with Crippen molar-refractivity contribution in [2.45, 2.75) is 31.3 Å². The molecule has 2 fully saturated rings. The quantitative estimate of drug-likeness (QED) is 0.528. The molecule has 2 N–H and O–H groups in total. The van der Waals surface area contributed by atoms with Crippen molar-refractivity contribution in [1.82, 2.24) is 5.32 Å². The van der Waals surface area contributed by atoms with Gasteiger partial charge in [0.15, 0.2) is 0 Å². The molecule has 0 aromatic heterocycles. The van der Waals surface area contributed by atoms with Gasteiger partial charge in [0.2, 0.25) is 0 Å². The van der Waals surface area contributed by atoms with E-state index in [1.54, 1.807) is 0 Å². The van der Waals surface area contributed by atoms with Gasteiger partial charge in [0.05, 0.1) is 5.71 Å². The SMILES string of the molecule is ON=C1C2CCCC1C(c1ccc(Cl)cc1)NC2c1ccc(Cl)cc1. The van der Waals surface area contributed by atoms with Gasteiger partial charge >= 0.3 is 0 Å². The normalized spacial score (nSPS) is 28.6. The summed E-state index contributed by atoms with van der Waals surface area (Å²) < 4.78 is 0. The summed E-state index contributed by atoms with van der Waals surface area (Å²) in [6.07, 6.45) is 3.21. The second-order valence-electron chi connectivity index (χ2n) is 6.89. The molecule has 2 aromatic carbocycles. The average Bonchev–Trinajstić information content (AvgIpc) is 2.63. The number of halogens is 2. The van der Waals surface area contributed by atoms with E-state index in [1.165, 1.54) is 11.1 Å². The highest BCUT2D eigenvalue weighted by atomic mass is 35.5. The third-order valence-corrected chi connectivity index (χ3v) is 6.03. The van der Waals surface area contributed by atoms with Crippen molar-refractivity contribution in [3.63, 3.8) is 0 Å². The Morgan fingerprint density at radius 2 is 1.24 bits per heavy atom. The van der Waals surface area contributed by atoms with Gasteiger partial charge < -0.3 is 10.5 Å². The van der Waals surface area contributed by atoms with Crippen LogP contribution in [0, 0.1) is 11.8 Å². The summed E-state index contributed by atoms with van der Waals surface area (Å²) in [4.78, 5) is 0. The largest absolute Gasteiger partial charge is 0.411 e. The van der Waals surface area contributed by atoms with Crippen LogP contribution in [0.5, 0.6) is 0 Å². The first-order valence-corrected chi connectivity index (χ1v) is 9.42. The lowest BCUT2D eigenvalue weighted by molar-refractivity contribution is 0.214. The molecule has 3 nitrogen and oxygen atoms in total. The predicted molar refractivity (Wildman–Crippen MR) is 102 cm³/mol. The maximum Gasteiger partial charge on any atom is 0.0670 e. The van der Waals surface area contributed by atoms with E-state index in [2.05, 4.69) is 34.7 Å². The number of oxime groups is 1. The van der Waals surface area contributed by atoms with E-state index >= 15 is 0 Å². The first kappa shape index (κ1) is 16.9. The molecule has 2 aliphatic rings. The fourth-order valence-electron chi connectivity index (χ4n) is 4.37. The lowest BCUT2D eigenvalue weighted by atomic mass is 9.67. The Morgan fingerprint density at radius 1 is 0.800 bits per heavy atom. The summed E-state index contributed by atoms with van der Waals surface area (Å²) in [5.41, 5.74) is 3.27. The molecule has 130 valence electrons. The molecule has 1 saturated heterocycles. The highest BCUT2D eigenvalue weighted by molar-refractivity contribution is 6.30. The Balaban J connectivity index is 1.74. The zero-order chi connectivity index (χ0) is 17.4. The molecular weight excluding hydrogens is 355 g/mol. The topological polar surface area (TPSA) is 44.6 Å². The second kappa shape index (κ2) is 6.99. The maximum absolute atomic E-state index is 9.73.